The minimum absolute atomic E-state index is 0.0337. The Hall–Kier alpha value is -2.53. The third kappa shape index (κ3) is 3.36. The SMILES string of the molecule is C=CCn1c(SCc2cccc(OC)c2)nc2ccccc2c1=O. The van der Waals surface area contributed by atoms with Crippen LogP contribution in [0.3, 0.4) is 0 Å². The molecule has 0 atom stereocenters. The second kappa shape index (κ2) is 7.36. The van der Waals surface area contributed by atoms with Gasteiger partial charge in [-0.3, -0.25) is 9.36 Å². The number of ether oxygens (including phenoxy) is 1. The Kier molecular flexibility index (Phi) is 5.01. The highest BCUT2D eigenvalue weighted by atomic mass is 32.2. The molecule has 0 saturated carbocycles. The smallest absolute Gasteiger partial charge is 0.262 e. The molecule has 4 nitrogen and oxygen atoms in total. The first kappa shape index (κ1) is 16.3. The summed E-state index contributed by atoms with van der Waals surface area (Å²) in [6.07, 6.45) is 1.72. The normalized spacial score (nSPS) is 10.7. The molecule has 3 aromatic rings. The Balaban J connectivity index is 1.96. The first-order chi connectivity index (χ1) is 11.7. The molecule has 0 saturated heterocycles. The van der Waals surface area contributed by atoms with Crippen molar-refractivity contribution in [2.75, 3.05) is 7.11 Å². The van der Waals surface area contributed by atoms with Gasteiger partial charge in [0.15, 0.2) is 5.16 Å². The summed E-state index contributed by atoms with van der Waals surface area (Å²) >= 11 is 1.54. The Morgan fingerprint density at radius 3 is 2.88 bits per heavy atom. The minimum Gasteiger partial charge on any atom is -0.497 e. The molecule has 0 amide bonds. The average Bonchev–Trinajstić information content (AvgIpc) is 2.63. The summed E-state index contributed by atoms with van der Waals surface area (Å²) in [5.74, 6) is 1.53. The summed E-state index contributed by atoms with van der Waals surface area (Å²) in [7, 11) is 1.65. The lowest BCUT2D eigenvalue weighted by Gasteiger charge is -2.11. The molecule has 0 N–H and O–H groups in total. The largest absolute Gasteiger partial charge is 0.497 e. The third-order valence-corrected chi connectivity index (χ3v) is 4.69. The van der Waals surface area contributed by atoms with E-state index in [0.717, 1.165) is 16.8 Å². The molecule has 0 unspecified atom stereocenters. The number of fused-ring (bicyclic) bond motifs is 1. The number of allylic oxidation sites excluding steroid dienone is 1. The Bertz CT molecular complexity index is 934. The topological polar surface area (TPSA) is 44.1 Å². The zero-order chi connectivity index (χ0) is 16.9. The van der Waals surface area contributed by atoms with Crippen molar-refractivity contribution >= 4 is 22.7 Å². The fourth-order valence-electron chi connectivity index (χ4n) is 2.46. The molecule has 122 valence electrons. The van der Waals surface area contributed by atoms with Crippen LogP contribution in [0.25, 0.3) is 10.9 Å². The maximum Gasteiger partial charge on any atom is 0.262 e. The van der Waals surface area contributed by atoms with Gasteiger partial charge in [-0.1, -0.05) is 42.1 Å². The number of hydrogen-bond donors (Lipinski definition) is 0. The van der Waals surface area contributed by atoms with Crippen LogP contribution in [0, 0.1) is 0 Å². The summed E-state index contributed by atoms with van der Waals surface area (Å²) in [5, 5.41) is 1.33. The molecular weight excluding hydrogens is 320 g/mol. The lowest BCUT2D eigenvalue weighted by Crippen LogP contribution is -2.22. The predicted octanol–water partition coefficient (Wildman–Crippen LogP) is 3.88. The van der Waals surface area contributed by atoms with Gasteiger partial charge in [0.1, 0.15) is 5.75 Å². The second-order valence-electron chi connectivity index (χ2n) is 5.26. The van der Waals surface area contributed by atoms with E-state index in [9.17, 15) is 4.79 Å². The van der Waals surface area contributed by atoms with Gasteiger partial charge in [0.05, 0.1) is 18.0 Å². The number of methoxy groups -OCH3 is 1. The van der Waals surface area contributed by atoms with E-state index in [1.807, 2.05) is 42.5 Å². The Morgan fingerprint density at radius 2 is 2.08 bits per heavy atom. The molecule has 0 aliphatic heterocycles. The highest BCUT2D eigenvalue weighted by Gasteiger charge is 2.10. The van der Waals surface area contributed by atoms with E-state index in [-0.39, 0.29) is 5.56 Å². The van der Waals surface area contributed by atoms with Crippen molar-refractivity contribution in [2.45, 2.75) is 17.5 Å². The molecule has 0 aliphatic carbocycles. The van der Waals surface area contributed by atoms with Crippen LogP contribution in [0.4, 0.5) is 0 Å². The Labute approximate surface area is 144 Å². The molecule has 0 aliphatic rings. The van der Waals surface area contributed by atoms with Crippen LogP contribution >= 0.6 is 11.8 Å². The fourth-order valence-corrected chi connectivity index (χ4v) is 3.41. The van der Waals surface area contributed by atoms with Gasteiger partial charge in [-0.2, -0.15) is 0 Å². The lowest BCUT2D eigenvalue weighted by atomic mass is 10.2. The van der Waals surface area contributed by atoms with Crippen molar-refractivity contribution in [1.82, 2.24) is 9.55 Å². The van der Waals surface area contributed by atoms with Gasteiger partial charge in [0, 0.05) is 12.3 Å². The number of aromatic nitrogens is 2. The van der Waals surface area contributed by atoms with Gasteiger partial charge in [-0.15, -0.1) is 6.58 Å². The van der Waals surface area contributed by atoms with Crippen LogP contribution in [-0.4, -0.2) is 16.7 Å². The molecule has 1 heterocycles. The van der Waals surface area contributed by atoms with Crippen molar-refractivity contribution in [3.63, 3.8) is 0 Å². The van der Waals surface area contributed by atoms with Crippen molar-refractivity contribution in [2.24, 2.45) is 0 Å². The third-order valence-electron chi connectivity index (χ3n) is 3.64. The monoisotopic (exact) mass is 338 g/mol. The highest BCUT2D eigenvalue weighted by molar-refractivity contribution is 7.98. The predicted molar refractivity (Wildman–Crippen MR) is 98.8 cm³/mol. The van der Waals surface area contributed by atoms with Crippen LogP contribution in [0.5, 0.6) is 5.75 Å². The van der Waals surface area contributed by atoms with Gasteiger partial charge >= 0.3 is 0 Å². The lowest BCUT2D eigenvalue weighted by molar-refractivity contribution is 0.414. The van der Waals surface area contributed by atoms with Gasteiger partial charge in [-0.05, 0) is 29.8 Å². The zero-order valence-corrected chi connectivity index (χ0v) is 14.3. The van der Waals surface area contributed by atoms with Crippen LogP contribution in [-0.2, 0) is 12.3 Å². The van der Waals surface area contributed by atoms with Crippen LogP contribution in [0.2, 0.25) is 0 Å². The molecule has 3 rings (SSSR count). The molecule has 24 heavy (non-hydrogen) atoms. The molecule has 1 aromatic heterocycles. The maximum atomic E-state index is 12.7. The number of benzene rings is 2. The van der Waals surface area contributed by atoms with Crippen molar-refractivity contribution in [1.29, 1.82) is 0 Å². The summed E-state index contributed by atoms with van der Waals surface area (Å²) < 4.78 is 6.92. The summed E-state index contributed by atoms with van der Waals surface area (Å²) in [6.45, 7) is 4.19. The fraction of sp³-hybridized carbons (Fsp3) is 0.158. The first-order valence-corrected chi connectivity index (χ1v) is 8.57. The number of para-hydroxylation sites is 1. The van der Waals surface area contributed by atoms with E-state index in [1.54, 1.807) is 23.8 Å². The molecule has 0 bridgehead atoms. The number of thioether (sulfide) groups is 1. The van der Waals surface area contributed by atoms with Gasteiger partial charge in [0.2, 0.25) is 0 Å². The van der Waals surface area contributed by atoms with E-state index in [1.165, 1.54) is 11.8 Å². The highest BCUT2D eigenvalue weighted by Crippen LogP contribution is 2.24. The van der Waals surface area contributed by atoms with E-state index < -0.39 is 0 Å². The van der Waals surface area contributed by atoms with E-state index in [0.29, 0.717) is 22.8 Å². The van der Waals surface area contributed by atoms with Gasteiger partial charge in [0.25, 0.3) is 5.56 Å². The molecule has 0 radical (unpaired) electrons. The quantitative estimate of drug-likeness (QED) is 0.389. The number of nitrogens with zero attached hydrogens (tertiary/aromatic N) is 2. The van der Waals surface area contributed by atoms with Crippen molar-refractivity contribution in [3.8, 4) is 5.75 Å². The number of hydrogen-bond acceptors (Lipinski definition) is 4. The van der Waals surface area contributed by atoms with Crippen LogP contribution < -0.4 is 10.3 Å². The molecule has 2 aromatic carbocycles. The second-order valence-corrected chi connectivity index (χ2v) is 6.20. The Morgan fingerprint density at radius 1 is 1.25 bits per heavy atom. The van der Waals surface area contributed by atoms with Crippen LogP contribution in [0.15, 0.2) is 71.1 Å². The molecule has 0 fully saturated rings. The standard InChI is InChI=1S/C19H18N2O2S/c1-3-11-21-18(22)16-9-4-5-10-17(16)20-19(21)24-13-14-7-6-8-15(12-14)23-2/h3-10,12H,1,11,13H2,2H3. The molecular formula is C19H18N2O2S. The van der Waals surface area contributed by atoms with E-state index in [4.69, 9.17) is 4.74 Å². The summed E-state index contributed by atoms with van der Waals surface area (Å²) in [6, 6.07) is 15.3. The molecule has 5 heteroatoms. The first-order valence-electron chi connectivity index (χ1n) is 7.59. The van der Waals surface area contributed by atoms with E-state index >= 15 is 0 Å². The van der Waals surface area contributed by atoms with Crippen LogP contribution in [0.1, 0.15) is 5.56 Å². The van der Waals surface area contributed by atoms with E-state index in [2.05, 4.69) is 11.6 Å². The summed E-state index contributed by atoms with van der Waals surface area (Å²) in [5.41, 5.74) is 1.80. The van der Waals surface area contributed by atoms with Gasteiger partial charge < -0.3 is 4.74 Å². The zero-order valence-electron chi connectivity index (χ0n) is 13.4. The minimum atomic E-state index is -0.0337. The summed E-state index contributed by atoms with van der Waals surface area (Å²) in [4.78, 5) is 17.4. The molecule has 0 spiro atoms. The van der Waals surface area contributed by atoms with Gasteiger partial charge in [-0.25, -0.2) is 4.98 Å². The average molecular weight is 338 g/mol. The maximum absolute atomic E-state index is 12.7. The van der Waals surface area contributed by atoms with Crippen molar-refractivity contribution < 1.29 is 4.74 Å². The van der Waals surface area contributed by atoms with Crippen molar-refractivity contribution in [3.05, 3.63) is 77.1 Å². The number of rotatable bonds is 6.